The number of nitrogens with two attached hydrogens (primary N) is 1. The molecule has 1 saturated carbocycles. The van der Waals surface area contributed by atoms with E-state index in [1.165, 1.54) is 32.4 Å². The molecule has 2 heteroatoms. The minimum absolute atomic E-state index is 0.218. The Morgan fingerprint density at radius 3 is 2.29 bits per heavy atom. The van der Waals surface area contributed by atoms with Crippen LogP contribution < -0.4 is 5.73 Å². The number of hydrogen-bond donors (Lipinski definition) is 1. The van der Waals surface area contributed by atoms with E-state index in [0.717, 1.165) is 17.8 Å². The fraction of sp³-hybridized carbons (Fsp3) is 1.00. The molecule has 0 aromatic carbocycles. The van der Waals surface area contributed by atoms with E-state index in [-0.39, 0.29) is 5.54 Å². The van der Waals surface area contributed by atoms with Crippen LogP contribution in [0.5, 0.6) is 0 Å². The summed E-state index contributed by atoms with van der Waals surface area (Å²) in [5.41, 5.74) is 6.71. The van der Waals surface area contributed by atoms with Crippen molar-refractivity contribution in [1.29, 1.82) is 0 Å². The van der Waals surface area contributed by atoms with Crippen molar-refractivity contribution >= 4 is 0 Å². The Hall–Kier alpha value is -0.0800. The maximum absolute atomic E-state index is 6.49. The second-order valence-electron chi connectivity index (χ2n) is 5.74. The fourth-order valence-electron chi connectivity index (χ4n) is 3.19. The highest BCUT2D eigenvalue weighted by Gasteiger charge is 2.56. The van der Waals surface area contributed by atoms with Crippen molar-refractivity contribution in [3.63, 3.8) is 0 Å². The van der Waals surface area contributed by atoms with Gasteiger partial charge >= 0.3 is 0 Å². The van der Waals surface area contributed by atoms with Crippen LogP contribution in [-0.4, -0.2) is 30.6 Å². The van der Waals surface area contributed by atoms with E-state index < -0.39 is 0 Å². The lowest BCUT2D eigenvalue weighted by molar-refractivity contribution is 0.181. The molecule has 1 aliphatic heterocycles. The van der Waals surface area contributed by atoms with Crippen LogP contribution in [0.3, 0.4) is 0 Å². The molecule has 1 aliphatic carbocycles. The van der Waals surface area contributed by atoms with Crippen molar-refractivity contribution in [3.05, 3.63) is 0 Å². The summed E-state index contributed by atoms with van der Waals surface area (Å²) in [6, 6.07) is 0. The zero-order valence-electron chi connectivity index (χ0n) is 9.79. The van der Waals surface area contributed by atoms with Gasteiger partial charge in [0.25, 0.3) is 0 Å². The zero-order valence-corrected chi connectivity index (χ0v) is 9.79. The molecule has 1 heterocycles. The topological polar surface area (TPSA) is 29.3 Å². The summed E-state index contributed by atoms with van der Waals surface area (Å²) >= 11 is 0. The summed E-state index contributed by atoms with van der Waals surface area (Å²) in [7, 11) is 2.21. The third-order valence-corrected chi connectivity index (χ3v) is 4.39. The molecule has 2 rings (SSSR count). The molecule has 2 N–H and O–H groups in total. The average Bonchev–Trinajstić information content (AvgIpc) is 2.80. The first-order chi connectivity index (χ1) is 6.54. The van der Waals surface area contributed by atoms with Crippen LogP contribution in [0.4, 0.5) is 0 Å². The Morgan fingerprint density at radius 1 is 1.29 bits per heavy atom. The van der Waals surface area contributed by atoms with Gasteiger partial charge < -0.3 is 10.6 Å². The molecule has 2 nitrogen and oxygen atoms in total. The van der Waals surface area contributed by atoms with E-state index in [2.05, 4.69) is 25.8 Å². The quantitative estimate of drug-likeness (QED) is 0.728. The van der Waals surface area contributed by atoms with Crippen LogP contribution in [0.1, 0.15) is 33.1 Å². The lowest BCUT2D eigenvalue weighted by atomic mass is 9.85. The lowest BCUT2D eigenvalue weighted by Gasteiger charge is -2.34. The van der Waals surface area contributed by atoms with Crippen LogP contribution >= 0.6 is 0 Å². The maximum Gasteiger partial charge on any atom is 0.0219 e. The molecule has 2 aliphatic rings. The van der Waals surface area contributed by atoms with Gasteiger partial charge in [0.2, 0.25) is 0 Å². The number of likely N-dealkylation sites (tertiary alicyclic amines) is 1. The van der Waals surface area contributed by atoms with Crippen molar-refractivity contribution in [1.82, 2.24) is 4.90 Å². The lowest BCUT2D eigenvalue weighted by Crippen LogP contribution is -2.42. The van der Waals surface area contributed by atoms with Crippen LogP contribution in [-0.2, 0) is 0 Å². The van der Waals surface area contributed by atoms with Crippen LogP contribution in [0.15, 0.2) is 0 Å². The summed E-state index contributed by atoms with van der Waals surface area (Å²) in [4.78, 5) is 2.42. The Balaban J connectivity index is 1.91. The van der Waals surface area contributed by atoms with Gasteiger partial charge in [0.15, 0.2) is 0 Å². The van der Waals surface area contributed by atoms with Gasteiger partial charge in [-0.25, -0.2) is 0 Å². The summed E-state index contributed by atoms with van der Waals surface area (Å²) in [5.74, 6) is 2.38. The minimum atomic E-state index is 0.218. The van der Waals surface area contributed by atoms with Gasteiger partial charge in [-0.15, -0.1) is 0 Å². The van der Waals surface area contributed by atoms with E-state index in [0.29, 0.717) is 0 Å². The summed E-state index contributed by atoms with van der Waals surface area (Å²) in [5, 5.41) is 0. The Morgan fingerprint density at radius 2 is 1.86 bits per heavy atom. The Labute approximate surface area is 87.8 Å². The van der Waals surface area contributed by atoms with Crippen molar-refractivity contribution in [3.8, 4) is 0 Å². The van der Waals surface area contributed by atoms with Gasteiger partial charge in [-0.1, -0.05) is 13.8 Å². The normalized spacial score (nSPS) is 40.5. The van der Waals surface area contributed by atoms with Crippen molar-refractivity contribution < 1.29 is 0 Å². The van der Waals surface area contributed by atoms with E-state index >= 15 is 0 Å². The fourth-order valence-corrected chi connectivity index (χ4v) is 3.19. The van der Waals surface area contributed by atoms with Gasteiger partial charge in [0.1, 0.15) is 0 Å². The molecule has 1 saturated heterocycles. The molecule has 2 unspecified atom stereocenters. The first kappa shape index (κ1) is 10.4. The summed E-state index contributed by atoms with van der Waals surface area (Å²) in [6.07, 6.45) is 3.91. The van der Waals surface area contributed by atoms with Crippen LogP contribution in [0, 0.1) is 17.8 Å². The van der Waals surface area contributed by atoms with E-state index in [1.807, 2.05) is 0 Å². The molecule has 0 bridgehead atoms. The van der Waals surface area contributed by atoms with Gasteiger partial charge in [-0.05, 0) is 57.2 Å². The minimum Gasteiger partial charge on any atom is -0.325 e. The Kier molecular flexibility index (Phi) is 2.61. The number of nitrogens with zero attached hydrogens (tertiary/aromatic N) is 1. The highest BCUT2D eigenvalue weighted by Crippen LogP contribution is 2.53. The molecule has 0 spiro atoms. The smallest absolute Gasteiger partial charge is 0.0219 e. The number of rotatable bonds is 2. The second kappa shape index (κ2) is 3.49. The largest absolute Gasteiger partial charge is 0.325 e. The molecule has 2 fully saturated rings. The molecule has 0 aromatic heterocycles. The van der Waals surface area contributed by atoms with Crippen LogP contribution in [0.2, 0.25) is 0 Å². The number of hydrogen-bond acceptors (Lipinski definition) is 2. The van der Waals surface area contributed by atoms with Crippen LogP contribution in [0.25, 0.3) is 0 Å². The third kappa shape index (κ3) is 1.70. The first-order valence-electron chi connectivity index (χ1n) is 6.01. The van der Waals surface area contributed by atoms with Crippen molar-refractivity contribution in [2.75, 3.05) is 20.1 Å². The molecule has 0 radical (unpaired) electrons. The highest BCUT2D eigenvalue weighted by atomic mass is 15.1. The van der Waals surface area contributed by atoms with Crippen molar-refractivity contribution in [2.24, 2.45) is 23.5 Å². The molecule has 0 aromatic rings. The molecule has 14 heavy (non-hydrogen) atoms. The standard InChI is InChI=1S/C12H24N2/c1-9(2)11-8-12(11,13)10-4-6-14(3)7-5-10/h9-11H,4-8,13H2,1-3H3. The molecule has 2 atom stereocenters. The zero-order chi connectivity index (χ0) is 10.3. The SMILES string of the molecule is CC(C)C1CC1(N)C1CCN(C)CC1. The van der Waals surface area contributed by atoms with E-state index in [1.54, 1.807) is 0 Å². The third-order valence-electron chi connectivity index (χ3n) is 4.39. The predicted molar refractivity (Wildman–Crippen MR) is 60.1 cm³/mol. The monoisotopic (exact) mass is 196 g/mol. The van der Waals surface area contributed by atoms with E-state index in [4.69, 9.17) is 5.73 Å². The maximum atomic E-state index is 6.49. The molecular weight excluding hydrogens is 172 g/mol. The van der Waals surface area contributed by atoms with Gasteiger partial charge in [-0.3, -0.25) is 0 Å². The second-order valence-corrected chi connectivity index (χ2v) is 5.74. The number of piperidine rings is 1. The molecule has 0 amide bonds. The highest BCUT2D eigenvalue weighted by molar-refractivity contribution is 5.13. The Bertz CT molecular complexity index is 206. The van der Waals surface area contributed by atoms with E-state index in [9.17, 15) is 0 Å². The summed E-state index contributed by atoms with van der Waals surface area (Å²) in [6.45, 7) is 7.12. The van der Waals surface area contributed by atoms with Gasteiger partial charge in [0.05, 0.1) is 0 Å². The molecule has 82 valence electrons. The first-order valence-corrected chi connectivity index (χ1v) is 6.01. The molecular formula is C12H24N2. The summed E-state index contributed by atoms with van der Waals surface area (Å²) < 4.78 is 0. The predicted octanol–water partition coefficient (Wildman–Crippen LogP) is 1.70. The van der Waals surface area contributed by atoms with Gasteiger partial charge in [-0.2, -0.15) is 0 Å². The van der Waals surface area contributed by atoms with Crippen molar-refractivity contribution in [2.45, 2.75) is 38.6 Å². The van der Waals surface area contributed by atoms with Gasteiger partial charge in [0, 0.05) is 5.54 Å². The average molecular weight is 196 g/mol.